The first-order valence-corrected chi connectivity index (χ1v) is 4.89. The van der Waals surface area contributed by atoms with Crippen LogP contribution in [-0.4, -0.2) is 58.4 Å². The first-order chi connectivity index (χ1) is 6.86. The van der Waals surface area contributed by atoms with Gasteiger partial charge < -0.3 is 29.5 Å². The lowest BCUT2D eigenvalue weighted by Gasteiger charge is -2.41. The third-order valence-electron chi connectivity index (χ3n) is 2.71. The summed E-state index contributed by atoms with van der Waals surface area (Å²) >= 11 is 0. The zero-order valence-electron chi connectivity index (χ0n) is 8.71. The summed E-state index contributed by atoms with van der Waals surface area (Å²) < 4.78 is 16.0. The molecule has 1 unspecified atom stereocenters. The van der Waals surface area contributed by atoms with Crippen LogP contribution in [0.2, 0.25) is 0 Å². The maximum atomic E-state index is 9.79. The van der Waals surface area contributed by atoms with E-state index in [1.807, 2.05) is 0 Å². The molecule has 0 saturated carbocycles. The van der Waals surface area contributed by atoms with Crippen LogP contribution in [0.3, 0.4) is 0 Å². The van der Waals surface area contributed by atoms with Crippen LogP contribution in [0.25, 0.3) is 0 Å². The van der Waals surface area contributed by atoms with Gasteiger partial charge in [0.25, 0.3) is 0 Å². The minimum Gasteiger partial charge on any atom is -0.388 e. The zero-order valence-corrected chi connectivity index (χ0v) is 8.71. The lowest BCUT2D eigenvalue weighted by Crippen LogP contribution is -2.62. The van der Waals surface area contributed by atoms with Crippen LogP contribution >= 0.6 is 0 Å². The Labute approximate surface area is 87.4 Å². The van der Waals surface area contributed by atoms with Crippen LogP contribution in [0.15, 0.2) is 0 Å². The van der Waals surface area contributed by atoms with E-state index in [0.29, 0.717) is 0 Å². The van der Waals surface area contributed by atoms with E-state index in [2.05, 4.69) is 0 Å². The molecule has 2 aliphatic rings. The van der Waals surface area contributed by atoms with Crippen molar-refractivity contribution in [3.63, 3.8) is 0 Å². The molecule has 2 rings (SSSR count). The highest BCUT2D eigenvalue weighted by atomic mass is 16.8. The minimum absolute atomic E-state index is 0.0327. The van der Waals surface area contributed by atoms with Crippen molar-refractivity contribution < 1.29 is 29.5 Å². The predicted molar refractivity (Wildman–Crippen MR) is 47.8 cm³/mol. The van der Waals surface area contributed by atoms with E-state index >= 15 is 0 Å². The van der Waals surface area contributed by atoms with Crippen LogP contribution in [0.5, 0.6) is 0 Å². The van der Waals surface area contributed by atoms with Gasteiger partial charge in [-0.2, -0.15) is 0 Å². The Morgan fingerprint density at radius 1 is 1.13 bits per heavy atom. The van der Waals surface area contributed by atoms with Crippen LogP contribution in [0.1, 0.15) is 13.8 Å². The van der Waals surface area contributed by atoms with E-state index in [1.54, 1.807) is 13.8 Å². The number of hydrogen-bond donors (Lipinski definition) is 3. The lowest BCUT2D eigenvalue weighted by atomic mass is 9.97. The summed E-state index contributed by atoms with van der Waals surface area (Å²) in [7, 11) is 0. The molecule has 4 atom stereocenters. The summed E-state index contributed by atoms with van der Waals surface area (Å²) in [5.41, 5.74) is 0. The molecule has 3 N–H and O–H groups in total. The molecule has 15 heavy (non-hydrogen) atoms. The van der Waals surface area contributed by atoms with E-state index in [0.717, 1.165) is 0 Å². The third kappa shape index (κ3) is 1.77. The van der Waals surface area contributed by atoms with Gasteiger partial charge in [0.15, 0.2) is 5.79 Å². The molecule has 2 saturated heterocycles. The Hall–Kier alpha value is -0.240. The fourth-order valence-electron chi connectivity index (χ4n) is 1.85. The molecule has 2 heterocycles. The summed E-state index contributed by atoms with van der Waals surface area (Å²) in [6, 6.07) is 0. The Bertz CT molecular complexity index is 255. The number of hydrogen-bond acceptors (Lipinski definition) is 6. The molecule has 6 nitrogen and oxygen atoms in total. The van der Waals surface area contributed by atoms with Crippen molar-refractivity contribution in [1.82, 2.24) is 0 Å². The van der Waals surface area contributed by atoms with Gasteiger partial charge in [-0.25, -0.2) is 0 Å². The SMILES string of the molecule is CC1(C)OCC2(OC[C@@H](O)[C@@H](O)[C@@H]2O)O1. The predicted octanol–water partition coefficient (Wildman–Crippen LogP) is -1.42. The van der Waals surface area contributed by atoms with E-state index < -0.39 is 29.9 Å². The number of aliphatic hydroxyl groups is 3. The summed E-state index contributed by atoms with van der Waals surface area (Å²) in [5.74, 6) is -2.22. The number of aliphatic hydroxyl groups excluding tert-OH is 3. The van der Waals surface area contributed by atoms with Crippen molar-refractivity contribution >= 4 is 0 Å². The summed E-state index contributed by atoms with van der Waals surface area (Å²) in [6.45, 7) is 3.33. The van der Waals surface area contributed by atoms with E-state index in [-0.39, 0.29) is 13.2 Å². The maximum absolute atomic E-state index is 9.79. The van der Waals surface area contributed by atoms with Gasteiger partial charge in [0, 0.05) is 0 Å². The first-order valence-electron chi connectivity index (χ1n) is 4.89. The van der Waals surface area contributed by atoms with Crippen LogP contribution < -0.4 is 0 Å². The highest BCUT2D eigenvalue weighted by Crippen LogP contribution is 2.38. The second-order valence-electron chi connectivity index (χ2n) is 4.42. The minimum atomic E-state index is -1.36. The highest BCUT2D eigenvalue weighted by Gasteiger charge is 2.57. The average Bonchev–Trinajstić information content (AvgIpc) is 2.47. The maximum Gasteiger partial charge on any atom is 0.224 e. The molecule has 0 aromatic carbocycles. The Morgan fingerprint density at radius 2 is 1.80 bits per heavy atom. The van der Waals surface area contributed by atoms with E-state index in [9.17, 15) is 15.3 Å². The average molecular weight is 220 g/mol. The van der Waals surface area contributed by atoms with Crippen LogP contribution in [0.4, 0.5) is 0 Å². The molecule has 0 bridgehead atoms. The van der Waals surface area contributed by atoms with E-state index in [4.69, 9.17) is 14.2 Å². The van der Waals surface area contributed by atoms with Gasteiger partial charge in [0.2, 0.25) is 5.79 Å². The third-order valence-corrected chi connectivity index (χ3v) is 2.71. The molecule has 1 spiro atoms. The summed E-state index contributed by atoms with van der Waals surface area (Å²) in [6.07, 6.45) is -3.70. The lowest BCUT2D eigenvalue weighted by molar-refractivity contribution is -0.337. The van der Waals surface area contributed by atoms with Gasteiger partial charge in [-0.05, 0) is 13.8 Å². The molecular formula is C9H16O6. The molecule has 0 amide bonds. The summed E-state index contributed by atoms with van der Waals surface area (Å²) in [5, 5.41) is 28.6. The Kier molecular flexibility index (Phi) is 2.53. The molecule has 0 radical (unpaired) electrons. The Morgan fingerprint density at radius 3 is 2.33 bits per heavy atom. The highest BCUT2D eigenvalue weighted by molar-refractivity contribution is 4.96. The van der Waals surface area contributed by atoms with Crippen LogP contribution in [-0.2, 0) is 14.2 Å². The monoisotopic (exact) mass is 220 g/mol. The summed E-state index contributed by atoms with van der Waals surface area (Å²) in [4.78, 5) is 0. The molecule has 0 aliphatic carbocycles. The van der Waals surface area contributed by atoms with E-state index in [1.165, 1.54) is 0 Å². The molecular weight excluding hydrogens is 204 g/mol. The van der Waals surface area contributed by atoms with Crippen molar-refractivity contribution in [3.05, 3.63) is 0 Å². The molecule has 6 heteroatoms. The van der Waals surface area contributed by atoms with Crippen molar-refractivity contribution in [1.29, 1.82) is 0 Å². The molecule has 0 aromatic rings. The van der Waals surface area contributed by atoms with Gasteiger partial charge in [0.05, 0.1) is 6.61 Å². The van der Waals surface area contributed by atoms with Gasteiger partial charge in [-0.15, -0.1) is 0 Å². The van der Waals surface area contributed by atoms with Crippen molar-refractivity contribution in [2.75, 3.05) is 13.2 Å². The molecule has 0 aromatic heterocycles. The second-order valence-corrected chi connectivity index (χ2v) is 4.42. The quantitative estimate of drug-likeness (QED) is 0.464. The smallest absolute Gasteiger partial charge is 0.224 e. The molecule has 2 fully saturated rings. The van der Waals surface area contributed by atoms with Crippen molar-refractivity contribution in [3.8, 4) is 0 Å². The van der Waals surface area contributed by atoms with Gasteiger partial charge in [-0.1, -0.05) is 0 Å². The van der Waals surface area contributed by atoms with Crippen molar-refractivity contribution in [2.45, 2.75) is 43.7 Å². The first kappa shape index (κ1) is 11.3. The van der Waals surface area contributed by atoms with Gasteiger partial charge in [-0.3, -0.25) is 0 Å². The van der Waals surface area contributed by atoms with Crippen molar-refractivity contribution in [2.24, 2.45) is 0 Å². The Balaban J connectivity index is 2.16. The largest absolute Gasteiger partial charge is 0.388 e. The van der Waals surface area contributed by atoms with Crippen LogP contribution in [0, 0.1) is 0 Å². The zero-order chi connectivity index (χ0) is 11.3. The topological polar surface area (TPSA) is 88.4 Å². The molecule has 88 valence electrons. The standard InChI is InChI=1S/C9H16O6/c1-8(2)14-4-9(15-8)7(12)6(11)5(10)3-13-9/h5-7,10-12H,3-4H2,1-2H3/t5-,6-,7+,9?/m1/s1. The van der Waals surface area contributed by atoms with Gasteiger partial charge in [0.1, 0.15) is 24.9 Å². The molecule has 2 aliphatic heterocycles. The fourth-order valence-corrected chi connectivity index (χ4v) is 1.85. The van der Waals surface area contributed by atoms with Gasteiger partial charge >= 0.3 is 0 Å². The normalized spacial score (nSPS) is 49.8. The fraction of sp³-hybridized carbons (Fsp3) is 1.00. The second kappa shape index (κ2) is 3.38. The number of rotatable bonds is 0. The number of ether oxygens (including phenoxy) is 3.